The first-order valence-electron chi connectivity index (χ1n) is 13.2. The van der Waals surface area contributed by atoms with E-state index >= 15 is 0 Å². The van der Waals surface area contributed by atoms with Crippen molar-refractivity contribution in [2.75, 3.05) is 11.9 Å². The normalized spacial score (nSPS) is 11.6. The first-order valence-corrected chi connectivity index (χ1v) is 13.2. The Labute approximate surface area is 198 Å². The highest BCUT2D eigenvalue weighted by Crippen LogP contribution is 2.40. The van der Waals surface area contributed by atoms with Crippen molar-refractivity contribution in [3.05, 3.63) is 60.2 Å². The molecule has 178 valence electrons. The summed E-state index contributed by atoms with van der Waals surface area (Å²) < 4.78 is 0. The molecule has 2 heteroatoms. The van der Waals surface area contributed by atoms with E-state index < -0.39 is 5.60 Å². The van der Waals surface area contributed by atoms with Crippen molar-refractivity contribution in [1.82, 2.24) is 0 Å². The third-order valence-corrected chi connectivity index (χ3v) is 6.80. The first kappa shape index (κ1) is 26.5. The van der Waals surface area contributed by atoms with E-state index in [1.807, 2.05) is 0 Å². The van der Waals surface area contributed by atoms with Crippen LogP contribution in [0.2, 0.25) is 0 Å². The molecule has 0 atom stereocenters. The van der Waals surface area contributed by atoms with Crippen LogP contribution in [0, 0.1) is 0 Å². The monoisotopic (exact) mass is 437 g/mol. The van der Waals surface area contributed by atoms with Crippen molar-refractivity contribution < 1.29 is 5.11 Å². The topological polar surface area (TPSA) is 23.5 Å². The zero-order valence-corrected chi connectivity index (χ0v) is 21.0. The number of para-hydroxylation sites is 2. The average molecular weight is 438 g/mol. The van der Waals surface area contributed by atoms with Gasteiger partial charge in [-0.2, -0.15) is 0 Å². The van der Waals surface area contributed by atoms with Crippen LogP contribution in [-0.2, 0) is 5.60 Å². The molecule has 1 N–H and O–H groups in total. The van der Waals surface area contributed by atoms with Crippen molar-refractivity contribution in [2.45, 2.75) is 109 Å². The molecule has 2 aromatic carbocycles. The van der Waals surface area contributed by atoms with Gasteiger partial charge in [0.1, 0.15) is 0 Å². The number of anilines is 2. The molecule has 0 saturated carbocycles. The third kappa shape index (κ3) is 8.62. The number of unbranched alkanes of at least 4 members (excludes halogenated alkanes) is 10. The standard InChI is InChI=1S/C30H47NO/c1-4-6-8-10-12-19-25-30(32,26-20-13-11-9-7-5-2)28-23-17-18-24-29(28)31(3)27-21-15-14-16-22-27/h14-18,21-24,32H,4-13,19-20,25-26H2,1-3H3. The van der Waals surface area contributed by atoms with Crippen LogP contribution in [0.1, 0.15) is 109 Å². The van der Waals surface area contributed by atoms with Crippen LogP contribution in [-0.4, -0.2) is 12.2 Å². The summed E-state index contributed by atoms with van der Waals surface area (Å²) in [6.07, 6.45) is 16.8. The molecule has 32 heavy (non-hydrogen) atoms. The summed E-state index contributed by atoms with van der Waals surface area (Å²) in [5, 5.41) is 12.0. The average Bonchev–Trinajstić information content (AvgIpc) is 2.83. The number of hydrogen-bond acceptors (Lipinski definition) is 2. The number of benzene rings is 2. The van der Waals surface area contributed by atoms with Crippen molar-refractivity contribution in [3.8, 4) is 0 Å². The van der Waals surface area contributed by atoms with E-state index in [0.29, 0.717) is 0 Å². The van der Waals surface area contributed by atoms with Gasteiger partial charge in [-0.1, -0.05) is 127 Å². The summed E-state index contributed by atoms with van der Waals surface area (Å²) in [4.78, 5) is 2.22. The van der Waals surface area contributed by atoms with Crippen molar-refractivity contribution in [2.24, 2.45) is 0 Å². The van der Waals surface area contributed by atoms with Crippen molar-refractivity contribution in [3.63, 3.8) is 0 Å². The van der Waals surface area contributed by atoms with Gasteiger partial charge < -0.3 is 10.0 Å². The molecule has 2 aromatic rings. The van der Waals surface area contributed by atoms with Gasteiger partial charge in [-0.25, -0.2) is 0 Å². The zero-order valence-electron chi connectivity index (χ0n) is 21.0. The van der Waals surface area contributed by atoms with E-state index in [1.54, 1.807) is 0 Å². The highest BCUT2D eigenvalue weighted by Gasteiger charge is 2.31. The lowest BCUT2D eigenvalue weighted by molar-refractivity contribution is 0.0137. The van der Waals surface area contributed by atoms with Gasteiger partial charge in [0.15, 0.2) is 0 Å². The second-order valence-electron chi connectivity index (χ2n) is 9.48. The number of rotatable bonds is 17. The smallest absolute Gasteiger partial charge is 0.0916 e. The minimum absolute atomic E-state index is 0.755. The minimum atomic E-state index is -0.755. The molecule has 0 amide bonds. The maximum Gasteiger partial charge on any atom is 0.0916 e. The van der Waals surface area contributed by atoms with Crippen molar-refractivity contribution >= 4 is 11.4 Å². The summed E-state index contributed by atoms with van der Waals surface area (Å²) in [7, 11) is 2.12. The minimum Gasteiger partial charge on any atom is -0.385 e. The summed E-state index contributed by atoms with van der Waals surface area (Å²) in [5.74, 6) is 0. The van der Waals surface area contributed by atoms with Gasteiger partial charge in [0.05, 0.1) is 5.60 Å². The Morgan fingerprint density at radius 1 is 0.625 bits per heavy atom. The molecule has 0 aliphatic rings. The molecular formula is C30H47NO. The fraction of sp³-hybridized carbons (Fsp3) is 0.600. The largest absolute Gasteiger partial charge is 0.385 e. The zero-order chi connectivity index (χ0) is 23.1. The maximum atomic E-state index is 12.0. The van der Waals surface area contributed by atoms with E-state index in [9.17, 15) is 5.11 Å². The summed E-state index contributed by atoms with van der Waals surface area (Å²) in [6.45, 7) is 4.53. The van der Waals surface area contributed by atoms with Gasteiger partial charge >= 0.3 is 0 Å². The van der Waals surface area contributed by atoms with Crippen LogP contribution >= 0.6 is 0 Å². The first-order chi connectivity index (χ1) is 15.6. The van der Waals surface area contributed by atoms with E-state index in [4.69, 9.17) is 0 Å². The molecule has 2 nitrogen and oxygen atoms in total. The predicted molar refractivity (Wildman–Crippen MR) is 141 cm³/mol. The Balaban J connectivity index is 2.14. The molecule has 0 unspecified atom stereocenters. The lowest BCUT2D eigenvalue weighted by Gasteiger charge is -2.34. The Kier molecular flexibility index (Phi) is 12.5. The molecule has 0 saturated heterocycles. The van der Waals surface area contributed by atoms with Crippen LogP contribution in [0.25, 0.3) is 0 Å². The third-order valence-electron chi connectivity index (χ3n) is 6.80. The SMILES string of the molecule is CCCCCCCCC(O)(CCCCCCCC)c1ccccc1N(C)c1ccccc1. The summed E-state index contributed by atoms with van der Waals surface area (Å²) in [6, 6.07) is 19.0. The van der Waals surface area contributed by atoms with Crippen LogP contribution in [0.5, 0.6) is 0 Å². The van der Waals surface area contributed by atoms with E-state index in [-0.39, 0.29) is 0 Å². The molecular weight excluding hydrogens is 390 g/mol. The predicted octanol–water partition coefficient (Wildman–Crippen LogP) is 9.14. The Hall–Kier alpha value is -1.80. The summed E-state index contributed by atoms with van der Waals surface area (Å²) >= 11 is 0. The summed E-state index contributed by atoms with van der Waals surface area (Å²) in [5.41, 5.74) is 2.61. The Morgan fingerprint density at radius 2 is 1.09 bits per heavy atom. The van der Waals surface area contributed by atoms with E-state index in [2.05, 4.69) is 80.4 Å². The lowest BCUT2D eigenvalue weighted by Crippen LogP contribution is -2.28. The quantitative estimate of drug-likeness (QED) is 0.249. The molecule has 0 spiro atoms. The number of nitrogens with zero attached hydrogens (tertiary/aromatic N) is 1. The van der Waals surface area contributed by atoms with E-state index in [0.717, 1.165) is 42.6 Å². The van der Waals surface area contributed by atoms with Gasteiger partial charge in [0.2, 0.25) is 0 Å². The highest BCUT2D eigenvalue weighted by atomic mass is 16.3. The fourth-order valence-corrected chi connectivity index (χ4v) is 4.74. The van der Waals surface area contributed by atoms with Gasteiger partial charge in [0.25, 0.3) is 0 Å². The second kappa shape index (κ2) is 15.1. The lowest BCUT2D eigenvalue weighted by atomic mass is 9.82. The second-order valence-corrected chi connectivity index (χ2v) is 9.48. The molecule has 2 rings (SSSR count). The number of aliphatic hydroxyl groups is 1. The molecule has 0 radical (unpaired) electrons. The van der Waals surface area contributed by atoms with Crippen LogP contribution in [0.3, 0.4) is 0 Å². The van der Waals surface area contributed by atoms with Gasteiger partial charge in [0, 0.05) is 24.0 Å². The molecule has 0 aliphatic carbocycles. The van der Waals surface area contributed by atoms with Crippen molar-refractivity contribution in [1.29, 1.82) is 0 Å². The van der Waals surface area contributed by atoms with E-state index in [1.165, 1.54) is 64.2 Å². The van der Waals surface area contributed by atoms with Crippen LogP contribution in [0.15, 0.2) is 54.6 Å². The van der Waals surface area contributed by atoms with Gasteiger partial charge in [-0.3, -0.25) is 0 Å². The molecule has 0 aromatic heterocycles. The maximum absolute atomic E-state index is 12.0. The fourth-order valence-electron chi connectivity index (χ4n) is 4.74. The molecule has 0 bridgehead atoms. The molecule has 0 heterocycles. The number of hydrogen-bond donors (Lipinski definition) is 1. The van der Waals surface area contributed by atoms with Crippen LogP contribution < -0.4 is 4.90 Å². The Morgan fingerprint density at radius 3 is 1.66 bits per heavy atom. The van der Waals surface area contributed by atoms with Gasteiger partial charge in [-0.15, -0.1) is 0 Å². The molecule has 0 fully saturated rings. The van der Waals surface area contributed by atoms with Crippen LogP contribution in [0.4, 0.5) is 11.4 Å². The molecule has 0 aliphatic heterocycles. The van der Waals surface area contributed by atoms with Gasteiger partial charge in [-0.05, 0) is 31.0 Å². The Bertz CT molecular complexity index is 711. The highest BCUT2D eigenvalue weighted by molar-refractivity contribution is 5.66.